The third kappa shape index (κ3) is 2.75. The van der Waals surface area contributed by atoms with E-state index in [2.05, 4.69) is 0 Å². The molecule has 1 unspecified atom stereocenters. The summed E-state index contributed by atoms with van der Waals surface area (Å²) in [7, 11) is 0. The Kier molecular flexibility index (Phi) is 3.78. The number of hydrogen-bond acceptors (Lipinski definition) is 2. The molecule has 0 aliphatic heterocycles. The summed E-state index contributed by atoms with van der Waals surface area (Å²) in [6, 6.07) is 6.93. The van der Waals surface area contributed by atoms with Gasteiger partial charge < -0.3 is 0 Å². The minimum Gasteiger partial charge on any atom is -0.295 e. The Balaban J connectivity index is 3.00. The van der Waals surface area contributed by atoms with Crippen molar-refractivity contribution in [3.63, 3.8) is 0 Å². The zero-order valence-corrected chi connectivity index (χ0v) is 9.41. The highest BCUT2D eigenvalue weighted by molar-refractivity contribution is 6.01. The highest BCUT2D eigenvalue weighted by Crippen LogP contribution is 2.13. The number of benzene rings is 1. The summed E-state index contributed by atoms with van der Waals surface area (Å²) in [5.41, 5.74) is 1.24. The van der Waals surface area contributed by atoms with Crippen molar-refractivity contribution in [2.45, 2.75) is 27.2 Å². The van der Waals surface area contributed by atoms with Gasteiger partial charge in [0.15, 0.2) is 11.6 Å². The summed E-state index contributed by atoms with van der Waals surface area (Å²) < 4.78 is 0. The van der Waals surface area contributed by atoms with Gasteiger partial charge in [0.05, 0.1) is 0 Å². The van der Waals surface area contributed by atoms with Gasteiger partial charge in [-0.25, -0.2) is 0 Å². The van der Waals surface area contributed by atoms with Crippen molar-refractivity contribution in [2.75, 3.05) is 0 Å². The van der Waals surface area contributed by atoms with E-state index in [9.17, 15) is 9.59 Å². The van der Waals surface area contributed by atoms with Gasteiger partial charge >= 0.3 is 0 Å². The highest BCUT2D eigenvalue weighted by atomic mass is 16.1. The summed E-state index contributed by atoms with van der Waals surface area (Å²) in [6.45, 7) is 5.40. The molecule has 0 amide bonds. The van der Waals surface area contributed by atoms with Crippen LogP contribution >= 0.6 is 0 Å². The molecule has 1 aromatic rings. The van der Waals surface area contributed by atoms with Crippen LogP contribution in [-0.4, -0.2) is 11.6 Å². The summed E-state index contributed by atoms with van der Waals surface area (Å²) >= 11 is 0. The average molecular weight is 204 g/mol. The lowest BCUT2D eigenvalue weighted by Gasteiger charge is -2.07. The molecule has 1 rings (SSSR count). The van der Waals surface area contributed by atoms with Gasteiger partial charge in [0.1, 0.15) is 0 Å². The van der Waals surface area contributed by atoms with Gasteiger partial charge in [-0.05, 0) is 19.4 Å². The molecule has 1 aromatic carbocycles. The fourth-order valence-corrected chi connectivity index (χ4v) is 1.36. The van der Waals surface area contributed by atoms with Gasteiger partial charge in [-0.15, -0.1) is 0 Å². The molecule has 0 heterocycles. The monoisotopic (exact) mass is 204 g/mol. The topological polar surface area (TPSA) is 34.1 Å². The Bertz CT molecular complexity index is 380. The molecular weight excluding hydrogens is 188 g/mol. The first-order valence-corrected chi connectivity index (χ1v) is 5.21. The third-order valence-corrected chi connectivity index (χ3v) is 2.61. The van der Waals surface area contributed by atoms with E-state index in [1.165, 1.54) is 6.92 Å². The predicted molar refractivity (Wildman–Crippen MR) is 60.2 cm³/mol. The maximum atomic E-state index is 11.8. The molecule has 0 saturated heterocycles. The van der Waals surface area contributed by atoms with E-state index < -0.39 is 0 Å². The fourth-order valence-electron chi connectivity index (χ4n) is 1.36. The molecule has 0 N–H and O–H groups in total. The molecule has 0 spiro atoms. The molecule has 0 aromatic heterocycles. The lowest BCUT2D eigenvalue weighted by atomic mass is 9.95. The first-order chi connectivity index (χ1) is 7.06. The van der Waals surface area contributed by atoms with Crippen LogP contribution in [-0.2, 0) is 0 Å². The number of Topliss-reactive ketones (excluding diaryl/α,β-unsaturated/α-hetero) is 2. The second-order valence-corrected chi connectivity index (χ2v) is 3.81. The van der Waals surface area contributed by atoms with Crippen LogP contribution in [0.2, 0.25) is 0 Å². The first-order valence-electron chi connectivity index (χ1n) is 5.21. The van der Waals surface area contributed by atoms with Crippen LogP contribution in [0.5, 0.6) is 0 Å². The first kappa shape index (κ1) is 11.6. The summed E-state index contributed by atoms with van der Waals surface area (Å²) in [4.78, 5) is 23.0. The Morgan fingerprint density at radius 2 is 1.87 bits per heavy atom. The summed E-state index contributed by atoms with van der Waals surface area (Å²) in [5.74, 6) is 0.126. The van der Waals surface area contributed by atoms with E-state index in [-0.39, 0.29) is 17.5 Å². The van der Waals surface area contributed by atoms with E-state index in [1.807, 2.05) is 13.8 Å². The lowest BCUT2D eigenvalue weighted by Crippen LogP contribution is -2.10. The smallest absolute Gasteiger partial charge is 0.165 e. The molecule has 15 heavy (non-hydrogen) atoms. The second-order valence-electron chi connectivity index (χ2n) is 3.81. The van der Waals surface area contributed by atoms with Crippen LogP contribution in [0.4, 0.5) is 0 Å². The van der Waals surface area contributed by atoms with Crippen LogP contribution in [0.15, 0.2) is 24.3 Å². The van der Waals surface area contributed by atoms with Gasteiger partial charge in [-0.1, -0.05) is 32.0 Å². The largest absolute Gasteiger partial charge is 0.295 e. The lowest BCUT2D eigenvalue weighted by molar-refractivity contribution is 0.0927. The van der Waals surface area contributed by atoms with E-state index in [4.69, 9.17) is 0 Å². The summed E-state index contributed by atoms with van der Waals surface area (Å²) in [6.07, 6.45) is 0.823. The maximum Gasteiger partial charge on any atom is 0.165 e. The molecule has 1 atom stereocenters. The normalized spacial score (nSPS) is 12.2. The summed E-state index contributed by atoms with van der Waals surface area (Å²) in [5, 5.41) is 0. The highest BCUT2D eigenvalue weighted by Gasteiger charge is 2.13. The number of rotatable bonds is 4. The molecule has 80 valence electrons. The predicted octanol–water partition coefficient (Wildman–Crippen LogP) is 3.12. The minimum atomic E-state index is -0.00574. The maximum absolute atomic E-state index is 11.8. The van der Waals surface area contributed by atoms with E-state index in [1.54, 1.807) is 24.3 Å². The molecule has 2 heteroatoms. The fraction of sp³-hybridized carbons (Fsp3) is 0.385. The van der Waals surface area contributed by atoms with Crippen molar-refractivity contribution >= 4 is 11.6 Å². The van der Waals surface area contributed by atoms with Crippen LogP contribution < -0.4 is 0 Å². The van der Waals surface area contributed by atoms with E-state index >= 15 is 0 Å². The Labute approximate surface area is 90.3 Å². The van der Waals surface area contributed by atoms with Crippen molar-refractivity contribution in [2.24, 2.45) is 5.92 Å². The molecule has 0 saturated carbocycles. The minimum absolute atomic E-state index is 0.00574. The van der Waals surface area contributed by atoms with Crippen LogP contribution in [0.3, 0.4) is 0 Å². The van der Waals surface area contributed by atoms with Crippen molar-refractivity contribution in [3.8, 4) is 0 Å². The van der Waals surface area contributed by atoms with Gasteiger partial charge in [-0.3, -0.25) is 9.59 Å². The van der Waals surface area contributed by atoms with Crippen molar-refractivity contribution < 1.29 is 9.59 Å². The Hall–Kier alpha value is -1.44. The van der Waals surface area contributed by atoms with Crippen molar-refractivity contribution in [1.82, 2.24) is 0 Å². The Morgan fingerprint density at radius 3 is 2.40 bits per heavy atom. The second kappa shape index (κ2) is 4.87. The molecular formula is C13H16O2. The standard InChI is InChI=1S/C13H16O2/c1-4-9(2)13(15)12-7-5-6-11(8-12)10(3)14/h5-9H,4H2,1-3H3. The van der Waals surface area contributed by atoms with Gasteiger partial charge in [0.25, 0.3) is 0 Å². The van der Waals surface area contributed by atoms with Crippen LogP contribution in [0, 0.1) is 5.92 Å². The average Bonchev–Trinajstić information content (AvgIpc) is 2.27. The van der Waals surface area contributed by atoms with Gasteiger partial charge in [-0.2, -0.15) is 0 Å². The van der Waals surface area contributed by atoms with E-state index in [0.29, 0.717) is 11.1 Å². The van der Waals surface area contributed by atoms with E-state index in [0.717, 1.165) is 6.42 Å². The SMILES string of the molecule is CCC(C)C(=O)c1cccc(C(C)=O)c1. The molecule has 0 bridgehead atoms. The number of carbonyl (C=O) groups is 2. The van der Waals surface area contributed by atoms with Crippen molar-refractivity contribution in [1.29, 1.82) is 0 Å². The van der Waals surface area contributed by atoms with Gasteiger partial charge in [0, 0.05) is 17.0 Å². The van der Waals surface area contributed by atoms with Gasteiger partial charge in [0.2, 0.25) is 0 Å². The van der Waals surface area contributed by atoms with Crippen LogP contribution in [0.25, 0.3) is 0 Å². The molecule has 0 radical (unpaired) electrons. The molecule has 0 fully saturated rings. The third-order valence-electron chi connectivity index (χ3n) is 2.61. The number of carbonyl (C=O) groups excluding carboxylic acids is 2. The molecule has 2 nitrogen and oxygen atoms in total. The molecule has 0 aliphatic carbocycles. The molecule has 0 aliphatic rings. The number of ketones is 2. The number of hydrogen-bond donors (Lipinski definition) is 0. The Morgan fingerprint density at radius 1 is 1.27 bits per heavy atom. The zero-order chi connectivity index (χ0) is 11.4. The quantitative estimate of drug-likeness (QED) is 0.706. The van der Waals surface area contributed by atoms with Crippen molar-refractivity contribution in [3.05, 3.63) is 35.4 Å². The van der Waals surface area contributed by atoms with Crippen LogP contribution in [0.1, 0.15) is 47.9 Å². The zero-order valence-electron chi connectivity index (χ0n) is 9.41.